The highest BCUT2D eigenvalue weighted by molar-refractivity contribution is 6.21. The van der Waals surface area contributed by atoms with E-state index in [1.165, 1.54) is 12.1 Å². The lowest BCUT2D eigenvalue weighted by molar-refractivity contribution is -0.158. The zero-order valence-electron chi connectivity index (χ0n) is 19.8. The lowest BCUT2D eigenvalue weighted by atomic mass is 9.97. The van der Waals surface area contributed by atoms with Gasteiger partial charge in [-0.2, -0.15) is 0 Å². The van der Waals surface area contributed by atoms with Crippen molar-refractivity contribution in [2.45, 2.75) is 27.1 Å². The number of hydrogen-bond donors (Lipinski definition) is 0. The van der Waals surface area contributed by atoms with Crippen molar-refractivity contribution in [3.8, 4) is 11.5 Å². The van der Waals surface area contributed by atoms with Crippen LogP contribution in [0.5, 0.6) is 11.5 Å². The van der Waals surface area contributed by atoms with Crippen LogP contribution >= 0.6 is 0 Å². The van der Waals surface area contributed by atoms with Gasteiger partial charge in [-0.15, -0.1) is 0 Å². The minimum Gasteiger partial charge on any atom is -0.489 e. The second-order valence-electron chi connectivity index (χ2n) is 7.54. The summed E-state index contributed by atoms with van der Waals surface area (Å²) in [4.78, 5) is 38.2. The maximum absolute atomic E-state index is 13.3. The van der Waals surface area contributed by atoms with E-state index >= 15 is 0 Å². The number of ketones is 1. The molecule has 0 amide bonds. The fraction of sp³-hybridized carbons (Fsp3) is 0.250. The number of carbonyl (C=O) groups excluding carboxylic acids is 3. The van der Waals surface area contributed by atoms with Gasteiger partial charge < -0.3 is 18.9 Å². The van der Waals surface area contributed by atoms with E-state index in [0.717, 1.165) is 11.1 Å². The number of rotatable bonds is 12. The number of esters is 2. The lowest BCUT2D eigenvalue weighted by Crippen LogP contribution is -2.35. The highest BCUT2D eigenvalue weighted by Crippen LogP contribution is 2.27. The van der Waals surface area contributed by atoms with Crippen LogP contribution in [0.3, 0.4) is 0 Å². The standard InChI is InChI=1S/C28H28O7/c1-3-32-27(30)25(28(31)33-4-2)26(29)22-15-23(34-18-20-11-7-5-8-12-20)17-24(16-22)35-19-21-13-9-6-10-14-21/h5-17,25H,3-4,18-19H2,1-2H3. The number of benzene rings is 3. The molecule has 0 saturated heterocycles. The van der Waals surface area contributed by atoms with Gasteiger partial charge in [0.15, 0.2) is 5.78 Å². The van der Waals surface area contributed by atoms with Gasteiger partial charge in [0.05, 0.1) is 13.2 Å². The third-order valence-electron chi connectivity index (χ3n) is 4.97. The van der Waals surface area contributed by atoms with E-state index in [1.807, 2.05) is 60.7 Å². The van der Waals surface area contributed by atoms with Crippen LogP contribution in [0.15, 0.2) is 78.9 Å². The van der Waals surface area contributed by atoms with Crippen molar-refractivity contribution in [2.75, 3.05) is 13.2 Å². The molecule has 0 aliphatic carbocycles. The summed E-state index contributed by atoms with van der Waals surface area (Å²) in [6.07, 6.45) is 0. The Morgan fingerprint density at radius 3 is 1.49 bits per heavy atom. The van der Waals surface area contributed by atoms with Crippen molar-refractivity contribution in [3.05, 3.63) is 95.6 Å². The van der Waals surface area contributed by atoms with Crippen LogP contribution in [-0.2, 0) is 32.3 Å². The van der Waals surface area contributed by atoms with E-state index in [0.29, 0.717) is 11.5 Å². The Labute approximate surface area is 204 Å². The molecule has 0 N–H and O–H groups in total. The minimum atomic E-state index is -1.73. The molecule has 0 radical (unpaired) electrons. The van der Waals surface area contributed by atoms with Crippen LogP contribution in [0.4, 0.5) is 0 Å². The average Bonchev–Trinajstić information content (AvgIpc) is 2.88. The molecule has 0 aliphatic heterocycles. The number of carbonyl (C=O) groups is 3. The molecule has 0 fully saturated rings. The quantitative estimate of drug-likeness (QED) is 0.211. The average molecular weight is 477 g/mol. The Balaban J connectivity index is 1.90. The number of Topliss-reactive ketones (excluding diaryl/α,β-unsaturated/α-hetero) is 1. The summed E-state index contributed by atoms with van der Waals surface area (Å²) in [5.74, 6) is -3.70. The minimum absolute atomic E-state index is 0.0215. The topological polar surface area (TPSA) is 88.1 Å². The summed E-state index contributed by atoms with van der Waals surface area (Å²) in [6.45, 7) is 3.75. The predicted octanol–water partition coefficient (Wildman–Crippen LogP) is 4.77. The fourth-order valence-corrected chi connectivity index (χ4v) is 3.29. The van der Waals surface area contributed by atoms with Crippen molar-refractivity contribution in [1.82, 2.24) is 0 Å². The van der Waals surface area contributed by atoms with E-state index < -0.39 is 23.6 Å². The Morgan fingerprint density at radius 2 is 1.09 bits per heavy atom. The molecule has 3 aromatic rings. The summed E-state index contributed by atoms with van der Waals surface area (Å²) < 4.78 is 21.7. The third-order valence-corrected chi connectivity index (χ3v) is 4.97. The van der Waals surface area contributed by atoms with E-state index in [-0.39, 0.29) is 32.0 Å². The van der Waals surface area contributed by atoms with Crippen LogP contribution in [0.2, 0.25) is 0 Å². The molecule has 7 nitrogen and oxygen atoms in total. The van der Waals surface area contributed by atoms with Crippen LogP contribution in [0.1, 0.15) is 35.3 Å². The molecule has 0 bridgehead atoms. The van der Waals surface area contributed by atoms with Gasteiger partial charge in [-0.3, -0.25) is 14.4 Å². The van der Waals surface area contributed by atoms with E-state index in [4.69, 9.17) is 18.9 Å². The molecule has 0 aromatic heterocycles. The molecule has 182 valence electrons. The van der Waals surface area contributed by atoms with Gasteiger partial charge in [0, 0.05) is 11.6 Å². The Kier molecular flexibility index (Phi) is 9.42. The molecule has 0 heterocycles. The Morgan fingerprint density at radius 1 is 0.657 bits per heavy atom. The normalized spacial score (nSPS) is 10.5. The van der Waals surface area contributed by atoms with Gasteiger partial charge in [-0.25, -0.2) is 0 Å². The molecule has 0 atom stereocenters. The molecular formula is C28H28O7. The molecule has 0 saturated carbocycles. The third kappa shape index (κ3) is 7.43. The molecular weight excluding hydrogens is 448 g/mol. The predicted molar refractivity (Wildman–Crippen MR) is 129 cm³/mol. The SMILES string of the molecule is CCOC(=O)C(C(=O)OCC)C(=O)c1cc(OCc2ccccc2)cc(OCc2ccccc2)c1. The molecule has 0 aliphatic rings. The van der Waals surface area contributed by atoms with Gasteiger partial charge in [0.25, 0.3) is 0 Å². The summed E-state index contributed by atoms with van der Waals surface area (Å²) in [5.41, 5.74) is 1.95. The Hall–Kier alpha value is -4.13. The van der Waals surface area contributed by atoms with Crippen LogP contribution in [0, 0.1) is 5.92 Å². The summed E-state index contributed by atoms with van der Waals surface area (Å²) in [7, 11) is 0. The fourth-order valence-electron chi connectivity index (χ4n) is 3.29. The first kappa shape index (κ1) is 25.5. The first-order valence-corrected chi connectivity index (χ1v) is 11.4. The highest BCUT2D eigenvalue weighted by atomic mass is 16.6. The van der Waals surface area contributed by atoms with Crippen LogP contribution in [0.25, 0.3) is 0 Å². The zero-order chi connectivity index (χ0) is 25.0. The molecule has 0 unspecified atom stereocenters. The van der Waals surface area contributed by atoms with Crippen molar-refractivity contribution >= 4 is 17.7 Å². The van der Waals surface area contributed by atoms with Gasteiger partial charge in [-0.05, 0) is 37.1 Å². The van der Waals surface area contributed by atoms with E-state index in [9.17, 15) is 14.4 Å². The zero-order valence-corrected chi connectivity index (χ0v) is 19.8. The Bertz CT molecular complexity index is 1050. The van der Waals surface area contributed by atoms with Crippen molar-refractivity contribution in [3.63, 3.8) is 0 Å². The summed E-state index contributed by atoms with van der Waals surface area (Å²) in [6, 6.07) is 23.7. The van der Waals surface area contributed by atoms with Crippen molar-refractivity contribution < 1.29 is 33.3 Å². The maximum Gasteiger partial charge on any atom is 0.328 e. The van der Waals surface area contributed by atoms with Crippen LogP contribution in [-0.4, -0.2) is 30.9 Å². The molecule has 35 heavy (non-hydrogen) atoms. The van der Waals surface area contributed by atoms with E-state index in [1.54, 1.807) is 19.9 Å². The molecule has 3 rings (SSSR count). The molecule has 7 heteroatoms. The van der Waals surface area contributed by atoms with Gasteiger partial charge in [0.2, 0.25) is 5.92 Å². The highest BCUT2D eigenvalue weighted by Gasteiger charge is 2.37. The lowest BCUT2D eigenvalue weighted by Gasteiger charge is -2.16. The number of hydrogen-bond acceptors (Lipinski definition) is 7. The molecule has 0 spiro atoms. The first-order chi connectivity index (χ1) is 17.0. The largest absolute Gasteiger partial charge is 0.489 e. The summed E-state index contributed by atoms with van der Waals surface area (Å²) in [5, 5.41) is 0. The van der Waals surface area contributed by atoms with Crippen molar-refractivity contribution in [1.29, 1.82) is 0 Å². The number of ether oxygens (including phenoxy) is 4. The van der Waals surface area contributed by atoms with Crippen LogP contribution < -0.4 is 9.47 Å². The molecule has 3 aromatic carbocycles. The van der Waals surface area contributed by atoms with Crippen molar-refractivity contribution in [2.24, 2.45) is 5.92 Å². The van der Waals surface area contributed by atoms with Gasteiger partial charge >= 0.3 is 11.9 Å². The van der Waals surface area contributed by atoms with Gasteiger partial charge in [0.1, 0.15) is 24.7 Å². The monoisotopic (exact) mass is 476 g/mol. The maximum atomic E-state index is 13.3. The second kappa shape index (κ2) is 12.9. The smallest absolute Gasteiger partial charge is 0.328 e. The second-order valence-corrected chi connectivity index (χ2v) is 7.54. The van der Waals surface area contributed by atoms with E-state index in [2.05, 4.69) is 0 Å². The summed E-state index contributed by atoms with van der Waals surface area (Å²) >= 11 is 0. The first-order valence-electron chi connectivity index (χ1n) is 11.4. The van der Waals surface area contributed by atoms with Gasteiger partial charge in [-0.1, -0.05) is 60.7 Å².